The lowest BCUT2D eigenvalue weighted by atomic mass is 10.0. The SMILES string of the molecule is CCN(CC)CC(C)c1ccc(Br)cc1. The highest BCUT2D eigenvalue weighted by Gasteiger charge is 2.08. The molecule has 0 saturated carbocycles. The van der Waals surface area contributed by atoms with Crippen LogP contribution in [0, 0.1) is 0 Å². The van der Waals surface area contributed by atoms with Gasteiger partial charge in [0.15, 0.2) is 0 Å². The molecule has 0 aliphatic carbocycles. The Balaban J connectivity index is 2.60. The number of halogens is 1. The van der Waals surface area contributed by atoms with Crippen LogP contribution in [0.15, 0.2) is 28.7 Å². The van der Waals surface area contributed by atoms with Crippen LogP contribution in [0.3, 0.4) is 0 Å². The van der Waals surface area contributed by atoms with Crippen molar-refractivity contribution < 1.29 is 0 Å². The highest BCUT2D eigenvalue weighted by molar-refractivity contribution is 9.10. The summed E-state index contributed by atoms with van der Waals surface area (Å²) in [6, 6.07) is 8.65. The molecule has 1 aromatic carbocycles. The molecule has 0 N–H and O–H groups in total. The van der Waals surface area contributed by atoms with E-state index in [0.29, 0.717) is 5.92 Å². The second-order valence-electron chi connectivity index (χ2n) is 3.94. The van der Waals surface area contributed by atoms with E-state index in [1.165, 1.54) is 5.56 Å². The summed E-state index contributed by atoms with van der Waals surface area (Å²) in [5.41, 5.74) is 1.42. The summed E-state index contributed by atoms with van der Waals surface area (Å²) in [5.74, 6) is 0.609. The topological polar surface area (TPSA) is 3.24 Å². The maximum absolute atomic E-state index is 3.46. The third-order valence-corrected chi connectivity index (χ3v) is 3.39. The van der Waals surface area contributed by atoms with E-state index in [1.807, 2.05) is 0 Å². The van der Waals surface area contributed by atoms with Gasteiger partial charge >= 0.3 is 0 Å². The molecule has 84 valence electrons. The summed E-state index contributed by atoms with van der Waals surface area (Å²) >= 11 is 3.46. The van der Waals surface area contributed by atoms with Gasteiger partial charge < -0.3 is 4.90 Å². The Morgan fingerprint density at radius 2 is 1.67 bits per heavy atom. The lowest BCUT2D eigenvalue weighted by molar-refractivity contribution is 0.288. The monoisotopic (exact) mass is 269 g/mol. The fourth-order valence-corrected chi connectivity index (χ4v) is 2.03. The number of likely N-dealkylation sites (N-methyl/N-ethyl adjacent to an activating group) is 1. The molecule has 1 atom stereocenters. The number of nitrogens with zero attached hydrogens (tertiary/aromatic N) is 1. The predicted octanol–water partition coefficient (Wildman–Crippen LogP) is 3.89. The Hall–Kier alpha value is -0.340. The van der Waals surface area contributed by atoms with Crippen molar-refractivity contribution in [1.29, 1.82) is 0 Å². The van der Waals surface area contributed by atoms with Crippen LogP contribution < -0.4 is 0 Å². The first-order valence-electron chi connectivity index (χ1n) is 5.65. The van der Waals surface area contributed by atoms with Gasteiger partial charge in [0.05, 0.1) is 0 Å². The normalized spacial score (nSPS) is 13.1. The molecule has 0 bridgehead atoms. The van der Waals surface area contributed by atoms with Gasteiger partial charge in [-0.1, -0.05) is 48.8 Å². The van der Waals surface area contributed by atoms with E-state index in [9.17, 15) is 0 Å². The summed E-state index contributed by atoms with van der Waals surface area (Å²) < 4.78 is 1.15. The first-order valence-corrected chi connectivity index (χ1v) is 6.44. The summed E-state index contributed by atoms with van der Waals surface area (Å²) in [6.45, 7) is 10.2. The Morgan fingerprint density at radius 1 is 1.13 bits per heavy atom. The Bertz CT molecular complexity index is 277. The maximum Gasteiger partial charge on any atom is 0.0175 e. The molecule has 0 heterocycles. The lowest BCUT2D eigenvalue weighted by Crippen LogP contribution is -2.27. The fraction of sp³-hybridized carbons (Fsp3) is 0.538. The predicted molar refractivity (Wildman–Crippen MR) is 70.3 cm³/mol. The summed E-state index contributed by atoms with van der Waals surface area (Å²) in [6.07, 6.45) is 0. The quantitative estimate of drug-likeness (QED) is 0.784. The molecule has 1 nitrogen and oxygen atoms in total. The van der Waals surface area contributed by atoms with E-state index in [4.69, 9.17) is 0 Å². The first-order chi connectivity index (χ1) is 7.17. The second kappa shape index (κ2) is 6.29. The highest BCUT2D eigenvalue weighted by atomic mass is 79.9. The molecule has 2 heteroatoms. The van der Waals surface area contributed by atoms with E-state index in [-0.39, 0.29) is 0 Å². The van der Waals surface area contributed by atoms with Crippen LogP contribution in [0.1, 0.15) is 32.3 Å². The number of benzene rings is 1. The Morgan fingerprint density at radius 3 is 2.13 bits per heavy atom. The largest absolute Gasteiger partial charge is 0.303 e. The Kier molecular flexibility index (Phi) is 5.34. The van der Waals surface area contributed by atoms with E-state index in [1.54, 1.807) is 0 Å². The van der Waals surface area contributed by atoms with Crippen molar-refractivity contribution >= 4 is 15.9 Å². The molecule has 1 rings (SSSR count). The minimum atomic E-state index is 0.609. The van der Waals surface area contributed by atoms with Gasteiger partial charge in [-0.2, -0.15) is 0 Å². The van der Waals surface area contributed by atoms with Crippen LogP contribution in [-0.4, -0.2) is 24.5 Å². The van der Waals surface area contributed by atoms with Crippen LogP contribution in [0.4, 0.5) is 0 Å². The molecule has 0 spiro atoms. The van der Waals surface area contributed by atoms with Crippen LogP contribution in [0.2, 0.25) is 0 Å². The molecule has 0 amide bonds. The molecule has 0 saturated heterocycles. The number of hydrogen-bond acceptors (Lipinski definition) is 1. The average molecular weight is 270 g/mol. The number of hydrogen-bond donors (Lipinski definition) is 0. The van der Waals surface area contributed by atoms with Gasteiger partial charge in [0, 0.05) is 11.0 Å². The minimum absolute atomic E-state index is 0.609. The summed E-state index contributed by atoms with van der Waals surface area (Å²) in [4.78, 5) is 2.46. The van der Waals surface area contributed by atoms with Gasteiger partial charge in [-0.05, 0) is 36.7 Å². The first kappa shape index (κ1) is 12.7. The van der Waals surface area contributed by atoms with E-state index >= 15 is 0 Å². The molecule has 0 radical (unpaired) electrons. The molecule has 0 aliphatic heterocycles. The third kappa shape index (κ3) is 3.96. The zero-order chi connectivity index (χ0) is 11.3. The van der Waals surface area contributed by atoms with Gasteiger partial charge in [-0.15, -0.1) is 0 Å². The smallest absolute Gasteiger partial charge is 0.0175 e. The fourth-order valence-electron chi connectivity index (χ4n) is 1.77. The van der Waals surface area contributed by atoms with Crippen molar-refractivity contribution in [3.05, 3.63) is 34.3 Å². The van der Waals surface area contributed by atoms with Crippen molar-refractivity contribution in [3.8, 4) is 0 Å². The Labute approximate surface area is 102 Å². The average Bonchev–Trinajstić information content (AvgIpc) is 2.26. The molecule has 15 heavy (non-hydrogen) atoms. The zero-order valence-corrected chi connectivity index (χ0v) is 11.4. The standard InChI is InChI=1S/C13H20BrN/c1-4-15(5-2)10-11(3)12-6-8-13(14)9-7-12/h6-9,11H,4-5,10H2,1-3H3. The van der Waals surface area contributed by atoms with E-state index < -0.39 is 0 Å². The molecule has 1 unspecified atom stereocenters. The van der Waals surface area contributed by atoms with Crippen LogP contribution in [0.5, 0.6) is 0 Å². The van der Waals surface area contributed by atoms with Gasteiger partial charge in [0.2, 0.25) is 0 Å². The van der Waals surface area contributed by atoms with Crippen molar-refractivity contribution in [3.63, 3.8) is 0 Å². The van der Waals surface area contributed by atoms with Crippen molar-refractivity contribution in [2.24, 2.45) is 0 Å². The van der Waals surface area contributed by atoms with Crippen LogP contribution >= 0.6 is 15.9 Å². The van der Waals surface area contributed by atoms with Gasteiger partial charge in [0.1, 0.15) is 0 Å². The summed E-state index contributed by atoms with van der Waals surface area (Å²) in [7, 11) is 0. The number of rotatable bonds is 5. The van der Waals surface area contributed by atoms with Gasteiger partial charge in [-0.25, -0.2) is 0 Å². The van der Waals surface area contributed by atoms with Crippen LogP contribution in [-0.2, 0) is 0 Å². The lowest BCUT2D eigenvalue weighted by Gasteiger charge is -2.22. The molecule has 0 aliphatic rings. The zero-order valence-electron chi connectivity index (χ0n) is 9.83. The highest BCUT2D eigenvalue weighted by Crippen LogP contribution is 2.19. The van der Waals surface area contributed by atoms with E-state index in [2.05, 4.69) is 65.9 Å². The van der Waals surface area contributed by atoms with Crippen molar-refractivity contribution in [2.75, 3.05) is 19.6 Å². The van der Waals surface area contributed by atoms with Crippen molar-refractivity contribution in [2.45, 2.75) is 26.7 Å². The van der Waals surface area contributed by atoms with Crippen LogP contribution in [0.25, 0.3) is 0 Å². The molecular weight excluding hydrogens is 250 g/mol. The molecule has 1 aromatic rings. The van der Waals surface area contributed by atoms with Gasteiger partial charge in [-0.3, -0.25) is 0 Å². The van der Waals surface area contributed by atoms with Crippen molar-refractivity contribution in [1.82, 2.24) is 4.90 Å². The van der Waals surface area contributed by atoms with E-state index in [0.717, 1.165) is 24.1 Å². The maximum atomic E-state index is 3.46. The molecular formula is C13H20BrN. The molecule has 0 fully saturated rings. The third-order valence-electron chi connectivity index (χ3n) is 2.87. The van der Waals surface area contributed by atoms with Gasteiger partial charge in [0.25, 0.3) is 0 Å². The summed E-state index contributed by atoms with van der Waals surface area (Å²) in [5, 5.41) is 0. The molecule has 0 aromatic heterocycles. The minimum Gasteiger partial charge on any atom is -0.303 e. The second-order valence-corrected chi connectivity index (χ2v) is 4.85.